The minimum absolute atomic E-state index is 0.600. The maximum atomic E-state index is 10.1. The number of aromatic nitrogens is 1. The van der Waals surface area contributed by atoms with E-state index in [1.54, 1.807) is 0 Å². The molecule has 1 aliphatic heterocycles. The van der Waals surface area contributed by atoms with Crippen LogP contribution in [0.1, 0.15) is 27.8 Å². The van der Waals surface area contributed by atoms with E-state index in [-0.39, 0.29) is 0 Å². The summed E-state index contributed by atoms with van der Waals surface area (Å²) in [6.45, 7) is 7.92. The van der Waals surface area contributed by atoms with Crippen LogP contribution in [0.3, 0.4) is 0 Å². The fraction of sp³-hybridized carbons (Fsp3) is 0.0222. The standard InChI is InChI=1S/C45H26N4/c1-47-30-22-24-34-33-23-21-29(28-46)25-39(33)45(40(34)26-30)37-15-4-8-19-43(37)49(44-20-9-5-16-38(44)45)32-12-10-11-31(27-32)48-41-17-6-2-13-35(41)36-14-3-7-18-42(36)48/h2-27H. The topological polar surface area (TPSA) is 36.3 Å². The van der Waals surface area contributed by atoms with Crippen molar-refractivity contribution < 1.29 is 0 Å². The molecule has 0 N–H and O–H groups in total. The molecule has 2 heterocycles. The lowest BCUT2D eigenvalue weighted by molar-refractivity contribution is 0.752. The summed E-state index contributed by atoms with van der Waals surface area (Å²) >= 11 is 0. The van der Waals surface area contributed by atoms with Crippen molar-refractivity contribution in [2.45, 2.75) is 5.41 Å². The lowest BCUT2D eigenvalue weighted by Gasteiger charge is -2.45. The van der Waals surface area contributed by atoms with Crippen molar-refractivity contribution >= 4 is 44.6 Å². The summed E-state index contributed by atoms with van der Waals surface area (Å²) in [5.74, 6) is 0. The molecule has 1 aliphatic carbocycles. The maximum absolute atomic E-state index is 10.1. The molecule has 0 saturated heterocycles. The van der Waals surface area contributed by atoms with Crippen LogP contribution in [-0.2, 0) is 5.41 Å². The lowest BCUT2D eigenvalue weighted by atomic mass is 9.64. The second-order valence-electron chi connectivity index (χ2n) is 12.7. The fourth-order valence-corrected chi connectivity index (χ4v) is 8.53. The highest BCUT2D eigenvalue weighted by Gasteiger charge is 2.51. The Labute approximate surface area is 283 Å². The Kier molecular flexibility index (Phi) is 5.59. The summed E-state index contributed by atoms with van der Waals surface area (Å²) < 4.78 is 2.36. The zero-order valence-electron chi connectivity index (χ0n) is 26.3. The van der Waals surface area contributed by atoms with Crippen molar-refractivity contribution in [1.29, 1.82) is 5.26 Å². The second kappa shape index (κ2) is 10.1. The van der Waals surface area contributed by atoms with E-state index in [0.717, 1.165) is 56.1 Å². The third-order valence-electron chi connectivity index (χ3n) is 10.4. The first kappa shape index (κ1) is 27.3. The molecule has 0 saturated carbocycles. The summed E-state index contributed by atoms with van der Waals surface area (Å²) in [6, 6.07) is 57.7. The Balaban J connectivity index is 1.27. The first-order valence-electron chi connectivity index (χ1n) is 16.4. The van der Waals surface area contributed by atoms with Crippen LogP contribution in [0.2, 0.25) is 0 Å². The molecule has 10 rings (SSSR count). The largest absolute Gasteiger partial charge is 0.310 e. The molecule has 0 bridgehead atoms. The van der Waals surface area contributed by atoms with Crippen LogP contribution >= 0.6 is 0 Å². The Bertz CT molecular complexity index is 2610. The van der Waals surface area contributed by atoms with Gasteiger partial charge in [0.2, 0.25) is 0 Å². The first-order chi connectivity index (χ1) is 24.2. The van der Waals surface area contributed by atoms with E-state index in [4.69, 9.17) is 6.57 Å². The number of fused-ring (bicyclic) bond motifs is 12. The van der Waals surface area contributed by atoms with Gasteiger partial charge in [0.1, 0.15) is 0 Å². The number of para-hydroxylation sites is 4. The molecule has 8 aromatic rings. The quantitative estimate of drug-likeness (QED) is 0.180. The Morgan fingerprint density at radius 2 is 1.10 bits per heavy atom. The van der Waals surface area contributed by atoms with E-state index in [1.165, 1.54) is 21.8 Å². The highest BCUT2D eigenvalue weighted by atomic mass is 15.2. The molecular formula is C45H26N4. The van der Waals surface area contributed by atoms with Gasteiger partial charge in [0.25, 0.3) is 0 Å². The van der Waals surface area contributed by atoms with E-state index < -0.39 is 5.41 Å². The molecule has 49 heavy (non-hydrogen) atoms. The highest BCUT2D eigenvalue weighted by Crippen LogP contribution is 2.63. The van der Waals surface area contributed by atoms with E-state index >= 15 is 0 Å². The molecule has 1 aromatic heterocycles. The minimum Gasteiger partial charge on any atom is -0.310 e. The van der Waals surface area contributed by atoms with Crippen molar-refractivity contribution in [3.05, 3.63) is 197 Å². The molecule has 0 amide bonds. The average Bonchev–Trinajstić information content (AvgIpc) is 3.65. The van der Waals surface area contributed by atoms with Gasteiger partial charge in [-0.05, 0) is 88.0 Å². The summed E-state index contributed by atoms with van der Waals surface area (Å²) in [5, 5.41) is 12.5. The Hall–Kier alpha value is -6.88. The molecule has 2 aliphatic rings. The molecule has 0 atom stereocenters. The van der Waals surface area contributed by atoms with Crippen molar-refractivity contribution in [1.82, 2.24) is 4.57 Å². The van der Waals surface area contributed by atoms with Crippen molar-refractivity contribution in [3.8, 4) is 22.9 Å². The van der Waals surface area contributed by atoms with Gasteiger partial charge in [0.15, 0.2) is 5.69 Å². The Morgan fingerprint density at radius 3 is 1.76 bits per heavy atom. The Morgan fingerprint density at radius 1 is 0.531 bits per heavy atom. The van der Waals surface area contributed by atoms with Crippen LogP contribution in [0, 0.1) is 17.9 Å². The van der Waals surface area contributed by atoms with Gasteiger partial charge in [-0.2, -0.15) is 5.26 Å². The predicted molar refractivity (Wildman–Crippen MR) is 197 cm³/mol. The monoisotopic (exact) mass is 622 g/mol. The van der Waals surface area contributed by atoms with E-state index in [0.29, 0.717) is 11.3 Å². The highest BCUT2D eigenvalue weighted by molar-refractivity contribution is 6.09. The first-order valence-corrected chi connectivity index (χ1v) is 16.4. The molecule has 7 aromatic carbocycles. The van der Waals surface area contributed by atoms with Crippen LogP contribution in [-0.4, -0.2) is 4.57 Å². The van der Waals surface area contributed by atoms with Gasteiger partial charge in [-0.1, -0.05) is 103 Å². The molecule has 1 spiro atoms. The van der Waals surface area contributed by atoms with Crippen LogP contribution in [0.5, 0.6) is 0 Å². The zero-order valence-corrected chi connectivity index (χ0v) is 26.3. The molecule has 0 fully saturated rings. The summed E-state index contributed by atoms with van der Waals surface area (Å²) in [7, 11) is 0. The minimum atomic E-state index is -0.716. The normalized spacial score (nSPS) is 13.4. The molecule has 0 unspecified atom stereocenters. The van der Waals surface area contributed by atoms with Gasteiger partial charge in [-0.15, -0.1) is 0 Å². The summed E-state index contributed by atoms with van der Waals surface area (Å²) in [6.07, 6.45) is 0. The summed E-state index contributed by atoms with van der Waals surface area (Å²) in [4.78, 5) is 6.23. The number of nitrogens with zero attached hydrogens (tertiary/aromatic N) is 4. The number of rotatable bonds is 2. The van der Waals surface area contributed by atoms with Gasteiger partial charge >= 0.3 is 0 Å². The van der Waals surface area contributed by atoms with Gasteiger partial charge in [0, 0.05) is 22.1 Å². The third kappa shape index (κ3) is 3.55. The van der Waals surface area contributed by atoms with E-state index in [2.05, 4.69) is 166 Å². The van der Waals surface area contributed by atoms with Gasteiger partial charge < -0.3 is 9.47 Å². The van der Waals surface area contributed by atoms with E-state index in [9.17, 15) is 5.26 Å². The van der Waals surface area contributed by atoms with Crippen molar-refractivity contribution in [2.75, 3.05) is 4.90 Å². The average molecular weight is 623 g/mol. The van der Waals surface area contributed by atoms with Gasteiger partial charge in [-0.25, -0.2) is 4.85 Å². The third-order valence-corrected chi connectivity index (χ3v) is 10.4. The predicted octanol–water partition coefficient (Wildman–Crippen LogP) is 11.4. The van der Waals surface area contributed by atoms with Crippen molar-refractivity contribution in [3.63, 3.8) is 0 Å². The number of hydrogen-bond donors (Lipinski definition) is 0. The van der Waals surface area contributed by atoms with Crippen LogP contribution in [0.4, 0.5) is 22.7 Å². The SMILES string of the molecule is [C-]#[N+]c1ccc2c(c1)C1(c3cc(C#N)ccc3-2)c2ccccc2N(c2cccc(-n3c4ccccc4c4ccccc43)c2)c2ccccc21. The molecule has 0 radical (unpaired) electrons. The second-order valence-corrected chi connectivity index (χ2v) is 12.7. The number of hydrogen-bond acceptors (Lipinski definition) is 2. The summed E-state index contributed by atoms with van der Waals surface area (Å²) in [5.41, 5.74) is 13.7. The molecule has 226 valence electrons. The lowest BCUT2D eigenvalue weighted by Crippen LogP contribution is -2.36. The maximum Gasteiger partial charge on any atom is 0.187 e. The number of benzene rings is 7. The van der Waals surface area contributed by atoms with Gasteiger partial charge in [-0.3, -0.25) is 0 Å². The van der Waals surface area contributed by atoms with Crippen LogP contribution in [0.25, 0.3) is 43.5 Å². The van der Waals surface area contributed by atoms with Crippen molar-refractivity contribution in [2.24, 2.45) is 0 Å². The molecule has 4 nitrogen and oxygen atoms in total. The van der Waals surface area contributed by atoms with E-state index in [1.807, 2.05) is 12.1 Å². The van der Waals surface area contributed by atoms with Crippen LogP contribution in [0.15, 0.2) is 158 Å². The molecular weight excluding hydrogens is 597 g/mol. The van der Waals surface area contributed by atoms with Gasteiger partial charge in [0.05, 0.1) is 46.0 Å². The number of anilines is 3. The fourth-order valence-electron chi connectivity index (χ4n) is 8.53. The molecule has 4 heteroatoms. The smallest absolute Gasteiger partial charge is 0.187 e. The zero-order chi connectivity index (χ0) is 32.7. The number of nitriles is 1. The van der Waals surface area contributed by atoms with Crippen LogP contribution < -0.4 is 4.90 Å².